The first-order chi connectivity index (χ1) is 13.5. The summed E-state index contributed by atoms with van der Waals surface area (Å²) in [6.07, 6.45) is 0.203. The first kappa shape index (κ1) is 18.4. The number of amides is 2. The van der Waals surface area contributed by atoms with Gasteiger partial charge in [0.25, 0.3) is 0 Å². The van der Waals surface area contributed by atoms with Gasteiger partial charge in [-0.15, -0.1) is 11.3 Å². The van der Waals surface area contributed by atoms with Gasteiger partial charge in [-0.3, -0.25) is 9.59 Å². The van der Waals surface area contributed by atoms with Crippen molar-refractivity contribution in [3.8, 4) is 0 Å². The van der Waals surface area contributed by atoms with Gasteiger partial charge in [0.1, 0.15) is 0 Å². The fraction of sp³-hybridized carbons (Fsp3) is 0.217. The van der Waals surface area contributed by atoms with Crippen molar-refractivity contribution in [1.82, 2.24) is 0 Å². The Morgan fingerprint density at radius 1 is 1.04 bits per heavy atom. The lowest BCUT2D eigenvalue weighted by Gasteiger charge is -2.27. The standard InChI is InChI=1S/C23H22N2O2S/c1-15-9-11-17(12-10-15)25-21(26)14-18(22(25)20-8-5-13-28-20)23(27)24-19-7-4-3-6-16(19)2/h3-13,18,22H,14H2,1-2H3,(H,24,27). The number of rotatable bonds is 4. The number of thiophene rings is 1. The topological polar surface area (TPSA) is 49.4 Å². The van der Waals surface area contributed by atoms with Crippen molar-refractivity contribution in [2.45, 2.75) is 26.3 Å². The van der Waals surface area contributed by atoms with E-state index in [1.165, 1.54) is 0 Å². The van der Waals surface area contributed by atoms with Crippen LogP contribution in [0.3, 0.4) is 0 Å². The number of benzene rings is 2. The van der Waals surface area contributed by atoms with Crippen LogP contribution in [0.5, 0.6) is 0 Å². The molecule has 2 aromatic carbocycles. The van der Waals surface area contributed by atoms with Gasteiger partial charge in [0.2, 0.25) is 11.8 Å². The molecule has 1 aromatic heterocycles. The predicted octanol–water partition coefficient (Wildman–Crippen LogP) is 5.10. The number of hydrogen-bond acceptors (Lipinski definition) is 3. The quantitative estimate of drug-likeness (QED) is 0.674. The molecule has 0 bridgehead atoms. The number of nitrogens with one attached hydrogen (secondary N) is 1. The molecule has 1 saturated heterocycles. The highest BCUT2D eigenvalue weighted by Gasteiger charge is 2.45. The Bertz CT molecular complexity index is 996. The highest BCUT2D eigenvalue weighted by molar-refractivity contribution is 7.10. The maximum atomic E-state index is 13.2. The lowest BCUT2D eigenvalue weighted by Crippen LogP contribution is -2.32. The van der Waals surface area contributed by atoms with Crippen molar-refractivity contribution in [1.29, 1.82) is 0 Å². The molecule has 142 valence electrons. The van der Waals surface area contributed by atoms with Gasteiger partial charge in [-0.05, 0) is 49.1 Å². The SMILES string of the molecule is Cc1ccc(N2C(=O)CC(C(=O)Nc3ccccc3C)C2c2cccs2)cc1. The van der Waals surface area contributed by atoms with E-state index in [0.29, 0.717) is 0 Å². The summed E-state index contributed by atoms with van der Waals surface area (Å²) in [5.41, 5.74) is 3.76. The third-order valence-electron chi connectivity index (χ3n) is 5.21. The normalized spacial score (nSPS) is 19.1. The number of hydrogen-bond donors (Lipinski definition) is 1. The number of carbonyl (C=O) groups excluding carboxylic acids is 2. The largest absolute Gasteiger partial charge is 0.326 e. The zero-order valence-electron chi connectivity index (χ0n) is 15.9. The van der Waals surface area contributed by atoms with E-state index in [2.05, 4.69) is 5.32 Å². The molecule has 5 heteroatoms. The van der Waals surface area contributed by atoms with Crippen molar-refractivity contribution in [2.24, 2.45) is 5.92 Å². The van der Waals surface area contributed by atoms with E-state index in [9.17, 15) is 9.59 Å². The van der Waals surface area contributed by atoms with Gasteiger partial charge in [-0.2, -0.15) is 0 Å². The number of carbonyl (C=O) groups is 2. The Labute approximate surface area is 168 Å². The molecule has 1 fully saturated rings. The second-order valence-electron chi connectivity index (χ2n) is 7.17. The fourth-order valence-electron chi connectivity index (χ4n) is 3.70. The zero-order valence-corrected chi connectivity index (χ0v) is 16.7. The van der Waals surface area contributed by atoms with Gasteiger partial charge >= 0.3 is 0 Å². The average Bonchev–Trinajstić information content (AvgIpc) is 3.32. The third-order valence-corrected chi connectivity index (χ3v) is 6.15. The molecule has 3 aromatic rings. The molecule has 28 heavy (non-hydrogen) atoms. The molecule has 0 saturated carbocycles. The van der Waals surface area contributed by atoms with Gasteiger partial charge in [-0.1, -0.05) is 42.0 Å². The second kappa shape index (κ2) is 7.60. The highest BCUT2D eigenvalue weighted by Crippen LogP contribution is 2.43. The molecule has 1 aliphatic rings. The Kier molecular flexibility index (Phi) is 5.01. The summed E-state index contributed by atoms with van der Waals surface area (Å²) in [6.45, 7) is 3.98. The minimum atomic E-state index is -0.438. The molecular formula is C23H22N2O2S. The summed E-state index contributed by atoms with van der Waals surface area (Å²) in [5, 5.41) is 5.02. The smallest absolute Gasteiger partial charge is 0.230 e. The van der Waals surface area contributed by atoms with E-state index < -0.39 is 5.92 Å². The first-order valence-electron chi connectivity index (χ1n) is 9.33. The van der Waals surface area contributed by atoms with Crippen LogP contribution in [0.2, 0.25) is 0 Å². The van der Waals surface area contributed by atoms with Gasteiger partial charge in [0.15, 0.2) is 0 Å². The molecule has 0 aliphatic carbocycles. The summed E-state index contributed by atoms with van der Waals surface area (Å²) in [5.74, 6) is -0.574. The van der Waals surface area contributed by atoms with Crippen LogP contribution in [0.1, 0.15) is 28.5 Å². The average molecular weight is 391 g/mol. The zero-order chi connectivity index (χ0) is 19.7. The van der Waals surface area contributed by atoms with Crippen molar-refractivity contribution in [3.63, 3.8) is 0 Å². The number of nitrogens with zero attached hydrogens (tertiary/aromatic N) is 1. The van der Waals surface area contributed by atoms with Crippen LogP contribution in [-0.4, -0.2) is 11.8 Å². The third kappa shape index (κ3) is 3.45. The molecule has 2 heterocycles. The minimum Gasteiger partial charge on any atom is -0.326 e. The molecule has 0 spiro atoms. The Balaban J connectivity index is 1.68. The van der Waals surface area contributed by atoms with Crippen LogP contribution < -0.4 is 10.2 Å². The van der Waals surface area contributed by atoms with Crippen LogP contribution in [0.15, 0.2) is 66.0 Å². The van der Waals surface area contributed by atoms with Crippen molar-refractivity contribution in [2.75, 3.05) is 10.2 Å². The molecule has 2 amide bonds. The maximum Gasteiger partial charge on any atom is 0.230 e. The second-order valence-corrected chi connectivity index (χ2v) is 8.15. The van der Waals surface area contributed by atoms with Gasteiger partial charge in [-0.25, -0.2) is 0 Å². The van der Waals surface area contributed by atoms with Crippen molar-refractivity contribution in [3.05, 3.63) is 82.0 Å². The van der Waals surface area contributed by atoms with Crippen LogP contribution in [0.25, 0.3) is 0 Å². The number of aryl methyl sites for hydroxylation is 2. The van der Waals surface area contributed by atoms with Gasteiger partial charge < -0.3 is 10.2 Å². The summed E-state index contributed by atoms with van der Waals surface area (Å²) in [7, 11) is 0. The van der Waals surface area contributed by atoms with E-state index in [1.54, 1.807) is 16.2 Å². The fourth-order valence-corrected chi connectivity index (χ4v) is 4.58. The monoisotopic (exact) mass is 390 g/mol. The van der Waals surface area contributed by atoms with Gasteiger partial charge in [0.05, 0.1) is 12.0 Å². The Hall–Kier alpha value is -2.92. The molecule has 2 atom stereocenters. The molecule has 1 aliphatic heterocycles. The Morgan fingerprint density at radius 2 is 1.79 bits per heavy atom. The van der Waals surface area contributed by atoms with Crippen LogP contribution in [0, 0.1) is 19.8 Å². The molecule has 1 N–H and O–H groups in total. The number of anilines is 2. The van der Waals surface area contributed by atoms with E-state index >= 15 is 0 Å². The lowest BCUT2D eigenvalue weighted by atomic mass is 9.97. The summed E-state index contributed by atoms with van der Waals surface area (Å²) in [4.78, 5) is 28.9. The Morgan fingerprint density at radius 3 is 2.46 bits per heavy atom. The van der Waals surface area contributed by atoms with Crippen LogP contribution in [-0.2, 0) is 9.59 Å². The molecule has 4 nitrogen and oxygen atoms in total. The van der Waals surface area contributed by atoms with Crippen molar-refractivity contribution >= 4 is 34.5 Å². The number of para-hydroxylation sites is 1. The molecular weight excluding hydrogens is 368 g/mol. The van der Waals surface area contributed by atoms with E-state index in [0.717, 1.165) is 27.4 Å². The van der Waals surface area contributed by atoms with Crippen LogP contribution in [0.4, 0.5) is 11.4 Å². The first-order valence-corrected chi connectivity index (χ1v) is 10.2. The predicted molar refractivity (Wildman–Crippen MR) is 114 cm³/mol. The van der Waals surface area contributed by atoms with E-state index in [4.69, 9.17) is 0 Å². The summed E-state index contributed by atoms with van der Waals surface area (Å²) >= 11 is 1.58. The molecule has 2 unspecified atom stereocenters. The summed E-state index contributed by atoms with van der Waals surface area (Å²) in [6, 6.07) is 19.3. The minimum absolute atomic E-state index is 0.0211. The lowest BCUT2D eigenvalue weighted by molar-refractivity contribution is -0.122. The van der Waals surface area contributed by atoms with E-state index in [1.807, 2.05) is 79.9 Å². The molecule has 0 radical (unpaired) electrons. The summed E-state index contributed by atoms with van der Waals surface area (Å²) < 4.78 is 0. The van der Waals surface area contributed by atoms with Gasteiger partial charge in [0, 0.05) is 22.7 Å². The maximum absolute atomic E-state index is 13.2. The molecule has 4 rings (SSSR count). The van der Waals surface area contributed by atoms with Crippen molar-refractivity contribution < 1.29 is 9.59 Å². The van der Waals surface area contributed by atoms with E-state index in [-0.39, 0.29) is 24.3 Å². The highest BCUT2D eigenvalue weighted by atomic mass is 32.1. The van der Waals surface area contributed by atoms with Crippen LogP contribution >= 0.6 is 11.3 Å².